The van der Waals surface area contributed by atoms with Crippen molar-refractivity contribution in [2.24, 2.45) is 17.3 Å². The van der Waals surface area contributed by atoms with Crippen LogP contribution in [0.4, 0.5) is 0 Å². The maximum Gasteiger partial charge on any atom is 0.334 e. The molecule has 5 heterocycles. The van der Waals surface area contributed by atoms with Gasteiger partial charge in [-0.1, -0.05) is 20.8 Å². The van der Waals surface area contributed by atoms with E-state index in [4.69, 9.17) is 18.9 Å². The number of aliphatic hydroxyl groups is 1. The molecule has 8 rings (SSSR count). The van der Waals surface area contributed by atoms with Crippen molar-refractivity contribution in [3.8, 4) is 0 Å². The molecule has 26 heavy (non-hydrogen) atoms. The number of rotatable bonds is 1. The van der Waals surface area contributed by atoms with Gasteiger partial charge in [-0.25, -0.2) is 4.79 Å². The SMILES string of the molecule is CC(C)[C@]12O[C@@]13C[C@@]1(O3)C3(C)CCC4=C(COC4=O)[C@@H]3C[C@@H]3O[C@@]31[C@@H]2O. The van der Waals surface area contributed by atoms with Gasteiger partial charge in [0.2, 0.25) is 5.79 Å². The lowest BCUT2D eigenvalue weighted by Gasteiger charge is -2.68. The van der Waals surface area contributed by atoms with Crippen molar-refractivity contribution >= 4 is 5.97 Å². The Labute approximate surface area is 151 Å². The minimum absolute atomic E-state index is 0.0312. The molecule has 2 saturated carbocycles. The Kier molecular flexibility index (Phi) is 2.12. The van der Waals surface area contributed by atoms with E-state index in [1.54, 1.807) is 0 Å². The van der Waals surface area contributed by atoms with Gasteiger partial charge in [0.1, 0.15) is 18.3 Å². The van der Waals surface area contributed by atoms with Crippen LogP contribution in [-0.4, -0.2) is 52.5 Å². The van der Waals surface area contributed by atoms with Crippen molar-refractivity contribution in [1.82, 2.24) is 0 Å². The predicted octanol–water partition coefficient (Wildman–Crippen LogP) is 1.45. The maximum absolute atomic E-state index is 12.1. The molecular formula is C20H24O6. The van der Waals surface area contributed by atoms with E-state index in [-0.39, 0.29) is 29.3 Å². The Morgan fingerprint density at radius 3 is 2.77 bits per heavy atom. The van der Waals surface area contributed by atoms with Crippen LogP contribution >= 0.6 is 0 Å². The zero-order valence-corrected chi connectivity index (χ0v) is 15.3. The quantitative estimate of drug-likeness (QED) is 0.563. The minimum Gasteiger partial charge on any atom is -0.458 e. The number of esters is 1. The molecule has 6 nitrogen and oxygen atoms in total. The fraction of sp³-hybridized carbons (Fsp3) is 0.850. The zero-order chi connectivity index (χ0) is 17.9. The van der Waals surface area contributed by atoms with Crippen molar-refractivity contribution in [2.75, 3.05) is 6.61 Å². The molecule has 3 spiro atoms. The van der Waals surface area contributed by atoms with Crippen LogP contribution in [0.15, 0.2) is 11.1 Å². The van der Waals surface area contributed by atoms with Crippen LogP contribution < -0.4 is 0 Å². The first kappa shape index (κ1) is 15.0. The molecule has 0 aromatic rings. The van der Waals surface area contributed by atoms with Gasteiger partial charge in [0.15, 0.2) is 11.2 Å². The number of hydrogen-bond donors (Lipinski definition) is 1. The summed E-state index contributed by atoms with van der Waals surface area (Å²) < 4.78 is 24.5. The van der Waals surface area contributed by atoms with Crippen molar-refractivity contribution in [3.05, 3.63) is 11.1 Å². The number of cyclic esters (lactones) is 1. The monoisotopic (exact) mass is 360 g/mol. The van der Waals surface area contributed by atoms with Gasteiger partial charge in [0.25, 0.3) is 0 Å². The van der Waals surface area contributed by atoms with E-state index in [0.717, 1.165) is 36.8 Å². The van der Waals surface area contributed by atoms with E-state index in [0.29, 0.717) is 6.61 Å². The van der Waals surface area contributed by atoms with Gasteiger partial charge in [-0.3, -0.25) is 0 Å². The summed E-state index contributed by atoms with van der Waals surface area (Å²) in [7, 11) is 0. The van der Waals surface area contributed by atoms with Crippen LogP contribution in [0.5, 0.6) is 0 Å². The third-order valence-electron chi connectivity index (χ3n) is 9.22. The molecule has 0 amide bonds. The van der Waals surface area contributed by atoms with Gasteiger partial charge >= 0.3 is 5.97 Å². The first-order chi connectivity index (χ1) is 12.3. The maximum atomic E-state index is 12.1. The highest BCUT2D eigenvalue weighted by Gasteiger charge is 3.02. The summed E-state index contributed by atoms with van der Waals surface area (Å²) in [4.78, 5) is 12.1. The molecule has 4 saturated heterocycles. The van der Waals surface area contributed by atoms with E-state index in [2.05, 4.69) is 20.8 Å². The normalized spacial score (nSPS) is 63.1. The van der Waals surface area contributed by atoms with Gasteiger partial charge in [0.05, 0.1) is 6.10 Å². The number of carbonyl (C=O) groups is 1. The largest absolute Gasteiger partial charge is 0.458 e. The second kappa shape index (κ2) is 3.66. The average Bonchev–Trinajstić information content (AvgIpc) is 3.42. The Hall–Kier alpha value is -0.950. The molecular weight excluding hydrogens is 336 g/mol. The lowest BCUT2D eigenvalue weighted by atomic mass is 9.42. The predicted molar refractivity (Wildman–Crippen MR) is 86.9 cm³/mol. The van der Waals surface area contributed by atoms with Crippen LogP contribution in [0.3, 0.4) is 0 Å². The fourth-order valence-corrected chi connectivity index (χ4v) is 7.87. The highest BCUT2D eigenvalue weighted by atomic mass is 16.9. The number of aliphatic hydroxyl groups excluding tert-OH is 1. The third kappa shape index (κ3) is 1.08. The van der Waals surface area contributed by atoms with Gasteiger partial charge in [0, 0.05) is 17.4 Å². The Balaban J connectivity index is 1.39. The minimum atomic E-state index is -0.655. The summed E-state index contributed by atoms with van der Waals surface area (Å²) in [5.74, 6) is -0.397. The van der Waals surface area contributed by atoms with E-state index in [1.165, 1.54) is 0 Å². The van der Waals surface area contributed by atoms with Gasteiger partial charge < -0.3 is 24.1 Å². The molecule has 2 bridgehead atoms. The number of epoxide rings is 2. The summed E-state index contributed by atoms with van der Waals surface area (Å²) in [5, 5.41) is 11.4. The molecule has 0 aromatic carbocycles. The van der Waals surface area contributed by atoms with Crippen LogP contribution in [0.2, 0.25) is 0 Å². The lowest BCUT2D eigenvalue weighted by molar-refractivity contribution is -0.378. The molecule has 1 unspecified atom stereocenters. The Morgan fingerprint density at radius 1 is 1.27 bits per heavy atom. The molecule has 5 aliphatic heterocycles. The third-order valence-corrected chi connectivity index (χ3v) is 9.22. The standard InChI is InChI=1S/C20H24O6/c1-9(2)19-15(22)20-13(24-20)6-12-11-7-23-14(21)10(11)4-5-16(12,3)17(20)8-18(19,25-17)26-19/h9,12-13,15,22H,4-8H2,1-3H3/t12-,13-,15+,16?,17+,18-,19+,20+/m0/s1. The van der Waals surface area contributed by atoms with Crippen molar-refractivity contribution in [1.29, 1.82) is 0 Å². The topological polar surface area (TPSA) is 80.8 Å². The fourth-order valence-electron chi connectivity index (χ4n) is 7.87. The number of hydrogen-bond acceptors (Lipinski definition) is 6. The lowest BCUT2D eigenvalue weighted by Crippen LogP contribution is -2.83. The summed E-state index contributed by atoms with van der Waals surface area (Å²) in [6.45, 7) is 6.86. The van der Waals surface area contributed by atoms with Crippen LogP contribution in [-0.2, 0) is 23.7 Å². The summed E-state index contributed by atoms with van der Waals surface area (Å²) in [5.41, 5.74) is 0.0565. The second-order valence-corrected chi connectivity index (χ2v) is 10.00. The molecule has 8 aliphatic rings. The molecule has 3 aliphatic carbocycles. The molecule has 1 N–H and O–H groups in total. The Bertz CT molecular complexity index is 824. The molecule has 0 radical (unpaired) electrons. The first-order valence-electron chi connectivity index (χ1n) is 9.93. The summed E-state index contributed by atoms with van der Waals surface area (Å²) >= 11 is 0. The summed E-state index contributed by atoms with van der Waals surface area (Å²) in [6.07, 6.45) is 2.52. The van der Waals surface area contributed by atoms with E-state index >= 15 is 0 Å². The van der Waals surface area contributed by atoms with E-state index < -0.39 is 28.7 Å². The van der Waals surface area contributed by atoms with Gasteiger partial charge in [-0.2, -0.15) is 0 Å². The molecule has 6 heteroatoms. The zero-order valence-electron chi connectivity index (χ0n) is 15.3. The first-order valence-corrected chi connectivity index (χ1v) is 9.93. The Morgan fingerprint density at radius 2 is 2.04 bits per heavy atom. The van der Waals surface area contributed by atoms with E-state index in [1.807, 2.05) is 0 Å². The number of carbonyl (C=O) groups excluding carboxylic acids is 1. The van der Waals surface area contributed by atoms with Gasteiger partial charge in [-0.05, 0) is 36.7 Å². The highest BCUT2D eigenvalue weighted by molar-refractivity contribution is 5.92. The van der Waals surface area contributed by atoms with Crippen molar-refractivity contribution in [3.63, 3.8) is 0 Å². The smallest absolute Gasteiger partial charge is 0.334 e. The molecule has 140 valence electrons. The van der Waals surface area contributed by atoms with Crippen molar-refractivity contribution in [2.45, 2.75) is 81.3 Å². The van der Waals surface area contributed by atoms with Crippen LogP contribution in [0.25, 0.3) is 0 Å². The summed E-state index contributed by atoms with van der Waals surface area (Å²) in [6, 6.07) is 0. The highest BCUT2D eigenvalue weighted by Crippen LogP contribution is 2.86. The van der Waals surface area contributed by atoms with Crippen LogP contribution in [0, 0.1) is 17.3 Å². The van der Waals surface area contributed by atoms with Crippen molar-refractivity contribution < 1.29 is 28.8 Å². The van der Waals surface area contributed by atoms with Crippen LogP contribution in [0.1, 0.15) is 46.5 Å². The molecule has 6 fully saturated rings. The molecule has 8 atom stereocenters. The second-order valence-electron chi connectivity index (χ2n) is 10.00. The van der Waals surface area contributed by atoms with E-state index in [9.17, 15) is 9.90 Å². The van der Waals surface area contributed by atoms with Gasteiger partial charge in [-0.15, -0.1) is 0 Å². The average molecular weight is 360 g/mol. The number of ether oxygens (including phenoxy) is 4. The molecule has 0 aromatic heterocycles. The number of fused-ring (bicyclic) bond motifs is 2.